The van der Waals surface area contributed by atoms with E-state index in [9.17, 15) is 4.79 Å². The average molecular weight is 262 g/mol. The molecule has 1 aromatic rings. The van der Waals surface area contributed by atoms with Crippen molar-refractivity contribution in [1.29, 1.82) is 0 Å². The van der Waals surface area contributed by atoms with E-state index in [4.69, 9.17) is 4.42 Å². The van der Waals surface area contributed by atoms with Gasteiger partial charge in [0, 0.05) is 18.6 Å². The van der Waals surface area contributed by atoms with Crippen molar-refractivity contribution in [3.05, 3.63) is 24.2 Å². The zero-order valence-electron chi connectivity index (χ0n) is 11.5. The molecule has 0 bridgehead atoms. The number of rotatable bonds is 3. The van der Waals surface area contributed by atoms with Gasteiger partial charge in [-0.3, -0.25) is 9.69 Å². The van der Waals surface area contributed by atoms with E-state index in [0.717, 1.165) is 25.9 Å². The lowest BCUT2D eigenvalue weighted by Crippen LogP contribution is -2.48. The highest BCUT2D eigenvalue weighted by atomic mass is 16.3. The van der Waals surface area contributed by atoms with E-state index < -0.39 is 0 Å². The van der Waals surface area contributed by atoms with Gasteiger partial charge in [0.05, 0.1) is 11.8 Å². The maximum atomic E-state index is 12.5. The second-order valence-corrected chi connectivity index (χ2v) is 5.56. The molecule has 4 nitrogen and oxygen atoms in total. The summed E-state index contributed by atoms with van der Waals surface area (Å²) in [6.07, 6.45) is 7.90. The Hall–Kier alpha value is -1.29. The van der Waals surface area contributed by atoms with E-state index in [1.165, 1.54) is 19.4 Å². The van der Waals surface area contributed by atoms with E-state index in [-0.39, 0.29) is 5.91 Å². The van der Waals surface area contributed by atoms with Gasteiger partial charge in [-0.2, -0.15) is 0 Å². The Morgan fingerprint density at radius 2 is 2.11 bits per heavy atom. The molecule has 2 aliphatic rings. The molecule has 0 aromatic carbocycles. The summed E-state index contributed by atoms with van der Waals surface area (Å²) >= 11 is 0. The molecule has 2 fully saturated rings. The Balaban J connectivity index is 1.76. The molecule has 1 aromatic heterocycles. The first kappa shape index (κ1) is 12.7. The quantitative estimate of drug-likeness (QED) is 0.839. The summed E-state index contributed by atoms with van der Waals surface area (Å²) in [5.41, 5.74) is 0.688. The van der Waals surface area contributed by atoms with Gasteiger partial charge in [-0.15, -0.1) is 0 Å². The van der Waals surface area contributed by atoms with Gasteiger partial charge in [-0.05, 0) is 44.8 Å². The molecule has 4 heteroatoms. The van der Waals surface area contributed by atoms with Gasteiger partial charge >= 0.3 is 0 Å². The van der Waals surface area contributed by atoms with E-state index in [1.54, 1.807) is 18.6 Å². The molecule has 104 valence electrons. The zero-order valence-corrected chi connectivity index (χ0v) is 11.5. The molecule has 0 unspecified atom stereocenters. The first-order valence-corrected chi connectivity index (χ1v) is 7.38. The van der Waals surface area contributed by atoms with Crippen molar-refractivity contribution in [3.63, 3.8) is 0 Å². The largest absolute Gasteiger partial charge is 0.472 e. The van der Waals surface area contributed by atoms with Gasteiger partial charge < -0.3 is 9.32 Å². The van der Waals surface area contributed by atoms with Crippen LogP contribution < -0.4 is 0 Å². The maximum absolute atomic E-state index is 12.5. The van der Waals surface area contributed by atoms with Crippen molar-refractivity contribution in [2.45, 2.75) is 44.7 Å². The summed E-state index contributed by atoms with van der Waals surface area (Å²) in [5, 5.41) is 0. The average Bonchev–Trinajstić information content (AvgIpc) is 3.16. The molecule has 0 saturated carbocycles. The zero-order chi connectivity index (χ0) is 13.2. The number of hydrogen-bond donors (Lipinski definition) is 0. The van der Waals surface area contributed by atoms with Crippen molar-refractivity contribution in [1.82, 2.24) is 9.80 Å². The highest BCUT2D eigenvalue weighted by Gasteiger charge is 2.39. The molecule has 0 radical (unpaired) electrons. The number of carbonyl (C=O) groups excluding carboxylic acids is 1. The van der Waals surface area contributed by atoms with Crippen molar-refractivity contribution >= 4 is 5.91 Å². The van der Waals surface area contributed by atoms with Crippen LogP contribution in [0.15, 0.2) is 23.0 Å². The Bertz CT molecular complexity index is 429. The second-order valence-electron chi connectivity index (χ2n) is 5.56. The minimum atomic E-state index is 0.138. The highest BCUT2D eigenvalue weighted by Crippen LogP contribution is 2.30. The Morgan fingerprint density at radius 1 is 1.32 bits per heavy atom. The van der Waals surface area contributed by atoms with Crippen LogP contribution in [0.3, 0.4) is 0 Å². The fraction of sp³-hybridized carbons (Fsp3) is 0.667. The molecule has 2 atom stereocenters. The fourth-order valence-corrected chi connectivity index (χ4v) is 3.68. The number of nitrogens with zero attached hydrogens (tertiary/aromatic N) is 2. The summed E-state index contributed by atoms with van der Waals surface area (Å²) in [6.45, 7) is 5.39. The number of hydrogen-bond acceptors (Lipinski definition) is 3. The van der Waals surface area contributed by atoms with Crippen LogP contribution in [0, 0.1) is 0 Å². The highest BCUT2D eigenvalue weighted by molar-refractivity contribution is 5.94. The van der Waals surface area contributed by atoms with Gasteiger partial charge in [0.2, 0.25) is 0 Å². The summed E-state index contributed by atoms with van der Waals surface area (Å²) in [6, 6.07) is 2.72. The smallest absolute Gasteiger partial charge is 0.257 e. The first-order chi connectivity index (χ1) is 9.31. The van der Waals surface area contributed by atoms with Crippen LogP contribution in [-0.2, 0) is 0 Å². The Kier molecular flexibility index (Phi) is 3.60. The number of likely N-dealkylation sites (N-methyl/N-ethyl adjacent to an activating group) is 1. The lowest BCUT2D eigenvalue weighted by Gasteiger charge is -2.34. The monoisotopic (exact) mass is 262 g/mol. The number of furan rings is 1. The minimum absolute atomic E-state index is 0.138. The van der Waals surface area contributed by atoms with E-state index in [2.05, 4.69) is 16.7 Å². The molecule has 0 aliphatic carbocycles. The molecule has 3 heterocycles. The van der Waals surface area contributed by atoms with Gasteiger partial charge in [-0.1, -0.05) is 6.92 Å². The molecule has 2 aliphatic heterocycles. The normalized spacial score (nSPS) is 28.2. The van der Waals surface area contributed by atoms with Crippen molar-refractivity contribution in [2.24, 2.45) is 0 Å². The standard InChI is InChI=1S/C15H22N2O2/c1-2-16-8-3-5-13(16)14-6-4-9-17(14)15(18)12-7-10-19-11-12/h7,10-11,13-14H,2-6,8-9H2,1H3/t13-,14+/m1/s1. The van der Waals surface area contributed by atoms with Gasteiger partial charge in [-0.25, -0.2) is 0 Å². The SMILES string of the molecule is CCN1CCC[C@@H]1[C@@H]1CCCN1C(=O)c1ccoc1. The predicted molar refractivity (Wildman–Crippen MR) is 73.0 cm³/mol. The van der Waals surface area contributed by atoms with Crippen LogP contribution in [0.1, 0.15) is 43.0 Å². The number of amides is 1. The maximum Gasteiger partial charge on any atom is 0.257 e. The Labute approximate surface area is 114 Å². The van der Waals surface area contributed by atoms with E-state index >= 15 is 0 Å². The molecular formula is C15H22N2O2. The van der Waals surface area contributed by atoms with E-state index in [0.29, 0.717) is 17.6 Å². The lowest BCUT2D eigenvalue weighted by atomic mass is 10.0. The molecule has 0 spiro atoms. The van der Waals surface area contributed by atoms with Crippen LogP contribution in [0.4, 0.5) is 0 Å². The summed E-state index contributed by atoms with van der Waals surface area (Å²) in [5.74, 6) is 0.138. The third kappa shape index (κ3) is 2.29. The Morgan fingerprint density at radius 3 is 2.84 bits per heavy atom. The predicted octanol–water partition coefficient (Wildman–Crippen LogP) is 2.37. The minimum Gasteiger partial charge on any atom is -0.472 e. The molecule has 0 N–H and O–H groups in total. The number of carbonyl (C=O) groups is 1. The van der Waals surface area contributed by atoms with Crippen LogP contribution in [0.2, 0.25) is 0 Å². The van der Waals surface area contributed by atoms with E-state index in [1.807, 2.05) is 0 Å². The van der Waals surface area contributed by atoms with Gasteiger partial charge in [0.25, 0.3) is 5.91 Å². The molecule has 19 heavy (non-hydrogen) atoms. The molecular weight excluding hydrogens is 240 g/mol. The summed E-state index contributed by atoms with van der Waals surface area (Å²) < 4.78 is 5.04. The third-order valence-electron chi connectivity index (χ3n) is 4.59. The van der Waals surface area contributed by atoms with Crippen molar-refractivity contribution in [3.8, 4) is 0 Å². The molecule has 3 rings (SSSR count). The fourth-order valence-electron chi connectivity index (χ4n) is 3.68. The summed E-state index contributed by atoms with van der Waals surface area (Å²) in [7, 11) is 0. The number of likely N-dealkylation sites (tertiary alicyclic amines) is 2. The van der Waals surface area contributed by atoms with Crippen LogP contribution >= 0.6 is 0 Å². The topological polar surface area (TPSA) is 36.7 Å². The third-order valence-corrected chi connectivity index (χ3v) is 4.59. The first-order valence-electron chi connectivity index (χ1n) is 7.38. The van der Waals surface area contributed by atoms with Crippen LogP contribution in [0.25, 0.3) is 0 Å². The molecule has 1 amide bonds. The van der Waals surface area contributed by atoms with Crippen LogP contribution in [0.5, 0.6) is 0 Å². The van der Waals surface area contributed by atoms with Gasteiger partial charge in [0.1, 0.15) is 6.26 Å². The van der Waals surface area contributed by atoms with Crippen molar-refractivity contribution in [2.75, 3.05) is 19.6 Å². The van der Waals surface area contributed by atoms with Crippen molar-refractivity contribution < 1.29 is 9.21 Å². The lowest BCUT2D eigenvalue weighted by molar-refractivity contribution is 0.0649. The second kappa shape index (κ2) is 5.37. The van der Waals surface area contributed by atoms with Gasteiger partial charge in [0.15, 0.2) is 0 Å². The summed E-state index contributed by atoms with van der Waals surface area (Å²) in [4.78, 5) is 17.1. The molecule has 2 saturated heterocycles. The van der Waals surface area contributed by atoms with Crippen LogP contribution in [-0.4, -0.2) is 47.4 Å².